The van der Waals surface area contributed by atoms with E-state index in [2.05, 4.69) is 57.8 Å². The number of H-pyrrole nitrogens is 1. The molecule has 106 valence electrons. The summed E-state index contributed by atoms with van der Waals surface area (Å²) in [7, 11) is 0. The number of aromatic amines is 1. The molecule has 1 aromatic carbocycles. The second-order valence-corrected chi connectivity index (χ2v) is 8.19. The minimum Gasteiger partial charge on any atom is -0.305 e. The van der Waals surface area contributed by atoms with Crippen LogP contribution in [0.15, 0.2) is 53.9 Å². The van der Waals surface area contributed by atoms with Crippen molar-refractivity contribution in [1.82, 2.24) is 9.97 Å². The van der Waals surface area contributed by atoms with Crippen molar-refractivity contribution in [3.05, 3.63) is 59.5 Å². The standard InChI is InChI=1S/C14H7Br3N2OS/c15-8-6-9(21-12(8)17)13-18-11(10(16)14(20)19-13)7-4-2-1-3-5-7/h1-6H,(H,18,19,20). The molecule has 0 unspecified atom stereocenters. The maximum atomic E-state index is 12.1. The highest BCUT2D eigenvalue weighted by atomic mass is 79.9. The molecule has 7 heteroatoms. The first-order valence-electron chi connectivity index (χ1n) is 5.86. The van der Waals surface area contributed by atoms with Gasteiger partial charge < -0.3 is 4.98 Å². The van der Waals surface area contributed by atoms with E-state index in [0.29, 0.717) is 16.0 Å². The van der Waals surface area contributed by atoms with Gasteiger partial charge in [0.15, 0.2) is 5.82 Å². The minimum atomic E-state index is -0.195. The molecular weight excluding hydrogens is 484 g/mol. The summed E-state index contributed by atoms with van der Waals surface area (Å²) in [5.41, 5.74) is 1.33. The van der Waals surface area contributed by atoms with Crippen LogP contribution in [0.5, 0.6) is 0 Å². The fraction of sp³-hybridized carbons (Fsp3) is 0. The number of thiophene rings is 1. The molecule has 0 aliphatic heterocycles. The van der Waals surface area contributed by atoms with Gasteiger partial charge in [-0.05, 0) is 53.9 Å². The Hall–Kier alpha value is -0.760. The van der Waals surface area contributed by atoms with E-state index in [1.165, 1.54) is 11.3 Å². The Morgan fingerprint density at radius 1 is 1.10 bits per heavy atom. The number of halogens is 3. The van der Waals surface area contributed by atoms with E-state index in [9.17, 15) is 4.79 Å². The molecule has 2 heterocycles. The highest BCUT2D eigenvalue weighted by Crippen LogP contribution is 2.37. The molecule has 3 rings (SSSR count). The van der Waals surface area contributed by atoms with E-state index >= 15 is 0 Å². The summed E-state index contributed by atoms with van der Waals surface area (Å²) in [5, 5.41) is 0. The Morgan fingerprint density at radius 2 is 1.81 bits per heavy atom. The summed E-state index contributed by atoms with van der Waals surface area (Å²) in [6.07, 6.45) is 0. The Morgan fingerprint density at radius 3 is 2.43 bits per heavy atom. The van der Waals surface area contributed by atoms with Crippen molar-refractivity contribution in [3.8, 4) is 22.0 Å². The molecule has 0 atom stereocenters. The highest BCUT2D eigenvalue weighted by Gasteiger charge is 2.14. The molecular formula is C14H7Br3N2OS. The van der Waals surface area contributed by atoms with Gasteiger partial charge in [-0.1, -0.05) is 30.3 Å². The highest BCUT2D eigenvalue weighted by molar-refractivity contribution is 9.13. The number of nitrogens with zero attached hydrogens (tertiary/aromatic N) is 1. The summed E-state index contributed by atoms with van der Waals surface area (Å²) < 4.78 is 2.34. The van der Waals surface area contributed by atoms with Crippen molar-refractivity contribution in [2.45, 2.75) is 0 Å². The van der Waals surface area contributed by atoms with E-state index in [0.717, 1.165) is 18.7 Å². The second-order valence-electron chi connectivity index (χ2n) is 4.18. The van der Waals surface area contributed by atoms with Crippen LogP contribution in [-0.2, 0) is 0 Å². The van der Waals surface area contributed by atoms with Crippen LogP contribution in [-0.4, -0.2) is 9.97 Å². The third-order valence-corrected chi connectivity index (χ3v) is 6.79. The third-order valence-electron chi connectivity index (χ3n) is 2.79. The van der Waals surface area contributed by atoms with Crippen LogP contribution in [0.3, 0.4) is 0 Å². The van der Waals surface area contributed by atoms with Crippen LogP contribution in [0.1, 0.15) is 0 Å². The average Bonchev–Trinajstić information content (AvgIpc) is 2.82. The van der Waals surface area contributed by atoms with Gasteiger partial charge in [-0.3, -0.25) is 4.79 Å². The predicted molar refractivity (Wildman–Crippen MR) is 96.7 cm³/mol. The van der Waals surface area contributed by atoms with Gasteiger partial charge in [0, 0.05) is 10.0 Å². The largest absolute Gasteiger partial charge is 0.305 e. The molecule has 1 N–H and O–H groups in total. The number of nitrogens with one attached hydrogen (secondary N) is 1. The average molecular weight is 491 g/mol. The van der Waals surface area contributed by atoms with E-state index in [4.69, 9.17) is 0 Å². The first kappa shape index (κ1) is 15.1. The van der Waals surface area contributed by atoms with Crippen LogP contribution in [0.25, 0.3) is 22.0 Å². The van der Waals surface area contributed by atoms with E-state index < -0.39 is 0 Å². The molecule has 0 bridgehead atoms. The number of rotatable bonds is 2. The Balaban J connectivity index is 2.21. The first-order chi connectivity index (χ1) is 10.1. The minimum absolute atomic E-state index is 0.195. The number of hydrogen-bond acceptors (Lipinski definition) is 3. The molecule has 0 aliphatic carbocycles. The maximum absolute atomic E-state index is 12.1. The van der Waals surface area contributed by atoms with Crippen LogP contribution in [0, 0.1) is 0 Å². The predicted octanol–water partition coefficient (Wildman–Crippen LogP) is 5.45. The van der Waals surface area contributed by atoms with Gasteiger partial charge in [0.2, 0.25) is 0 Å². The van der Waals surface area contributed by atoms with Gasteiger partial charge in [0.1, 0.15) is 4.47 Å². The molecule has 0 spiro atoms. The molecule has 3 aromatic rings. The summed E-state index contributed by atoms with van der Waals surface area (Å²) in [6.45, 7) is 0. The van der Waals surface area contributed by atoms with E-state index in [1.54, 1.807) is 0 Å². The molecule has 0 fully saturated rings. The topological polar surface area (TPSA) is 45.8 Å². The van der Waals surface area contributed by atoms with Crippen molar-refractivity contribution in [3.63, 3.8) is 0 Å². The Kier molecular flexibility index (Phi) is 4.44. The van der Waals surface area contributed by atoms with Crippen molar-refractivity contribution < 1.29 is 0 Å². The Labute approximate surface area is 149 Å². The molecule has 0 radical (unpaired) electrons. The van der Waals surface area contributed by atoms with Crippen LogP contribution in [0.4, 0.5) is 0 Å². The van der Waals surface area contributed by atoms with E-state index in [1.807, 2.05) is 36.4 Å². The smallest absolute Gasteiger partial charge is 0.266 e. The lowest BCUT2D eigenvalue weighted by Crippen LogP contribution is -2.11. The molecule has 0 amide bonds. The summed E-state index contributed by atoms with van der Waals surface area (Å²) >= 11 is 11.7. The molecule has 0 saturated heterocycles. The monoisotopic (exact) mass is 488 g/mol. The first-order valence-corrected chi connectivity index (χ1v) is 9.06. The van der Waals surface area contributed by atoms with Gasteiger partial charge in [-0.15, -0.1) is 11.3 Å². The van der Waals surface area contributed by atoms with Gasteiger partial charge >= 0.3 is 0 Å². The molecule has 2 aromatic heterocycles. The number of benzene rings is 1. The zero-order valence-electron chi connectivity index (χ0n) is 10.4. The molecule has 3 nitrogen and oxygen atoms in total. The fourth-order valence-electron chi connectivity index (χ4n) is 1.83. The lowest BCUT2D eigenvalue weighted by atomic mass is 10.1. The van der Waals surface area contributed by atoms with Crippen molar-refractivity contribution in [1.29, 1.82) is 0 Å². The van der Waals surface area contributed by atoms with Crippen LogP contribution < -0.4 is 5.56 Å². The van der Waals surface area contributed by atoms with Gasteiger partial charge in [-0.25, -0.2) is 4.98 Å². The SMILES string of the molecule is O=c1[nH]c(-c2cc(Br)c(Br)s2)nc(-c2ccccc2)c1Br. The number of aromatic nitrogens is 2. The van der Waals surface area contributed by atoms with Crippen LogP contribution in [0.2, 0.25) is 0 Å². The Bertz CT molecular complexity index is 839. The van der Waals surface area contributed by atoms with Gasteiger partial charge in [0.05, 0.1) is 14.4 Å². The summed E-state index contributed by atoms with van der Waals surface area (Å²) in [6, 6.07) is 11.5. The molecule has 0 aliphatic rings. The summed E-state index contributed by atoms with van der Waals surface area (Å²) in [4.78, 5) is 20.4. The van der Waals surface area contributed by atoms with Crippen molar-refractivity contribution in [2.75, 3.05) is 0 Å². The van der Waals surface area contributed by atoms with E-state index in [-0.39, 0.29) is 5.56 Å². The lowest BCUT2D eigenvalue weighted by Gasteiger charge is -2.05. The zero-order valence-corrected chi connectivity index (χ0v) is 15.9. The van der Waals surface area contributed by atoms with Gasteiger partial charge in [-0.2, -0.15) is 0 Å². The van der Waals surface area contributed by atoms with Crippen molar-refractivity contribution >= 4 is 59.1 Å². The lowest BCUT2D eigenvalue weighted by molar-refractivity contribution is 1.12. The zero-order chi connectivity index (χ0) is 15.0. The van der Waals surface area contributed by atoms with Crippen LogP contribution >= 0.6 is 59.1 Å². The number of hydrogen-bond donors (Lipinski definition) is 1. The quantitative estimate of drug-likeness (QED) is 0.519. The fourth-order valence-corrected chi connectivity index (χ4v) is 4.22. The van der Waals surface area contributed by atoms with Crippen molar-refractivity contribution in [2.24, 2.45) is 0 Å². The maximum Gasteiger partial charge on any atom is 0.266 e. The summed E-state index contributed by atoms with van der Waals surface area (Å²) in [5.74, 6) is 0.554. The van der Waals surface area contributed by atoms with Gasteiger partial charge in [0.25, 0.3) is 5.56 Å². The normalized spacial score (nSPS) is 10.8. The third kappa shape index (κ3) is 3.06. The molecule has 21 heavy (non-hydrogen) atoms. The second kappa shape index (κ2) is 6.16. The molecule has 0 saturated carbocycles.